The van der Waals surface area contributed by atoms with Crippen molar-refractivity contribution in [1.29, 1.82) is 0 Å². The molecule has 0 amide bonds. The lowest BCUT2D eigenvalue weighted by Crippen LogP contribution is -2.38. The van der Waals surface area contributed by atoms with Gasteiger partial charge in [-0.05, 0) is 38.0 Å². The van der Waals surface area contributed by atoms with Gasteiger partial charge in [-0.15, -0.1) is 24.0 Å². The van der Waals surface area contributed by atoms with Crippen molar-refractivity contribution in [1.82, 2.24) is 20.4 Å². The van der Waals surface area contributed by atoms with E-state index in [0.29, 0.717) is 31.2 Å². The van der Waals surface area contributed by atoms with Gasteiger partial charge in [0.05, 0.1) is 0 Å². The first-order valence-corrected chi connectivity index (χ1v) is 8.80. The minimum atomic E-state index is -2.82. The van der Waals surface area contributed by atoms with Crippen LogP contribution in [0.25, 0.3) is 0 Å². The van der Waals surface area contributed by atoms with E-state index in [1.807, 2.05) is 18.9 Å². The van der Waals surface area contributed by atoms with Crippen molar-refractivity contribution >= 4 is 29.9 Å². The molecule has 1 heterocycles. The fraction of sp³-hybridized carbons (Fsp3) is 0.500. The predicted molar refractivity (Wildman–Crippen MR) is 113 cm³/mol. The van der Waals surface area contributed by atoms with Gasteiger partial charge in [0.2, 0.25) is 5.89 Å². The fourth-order valence-electron chi connectivity index (χ4n) is 2.45. The first kappa shape index (κ1) is 24.1. The van der Waals surface area contributed by atoms with E-state index >= 15 is 0 Å². The number of aromatic nitrogens is 2. The number of rotatable bonds is 9. The molecule has 0 spiro atoms. The van der Waals surface area contributed by atoms with Crippen LogP contribution in [0.3, 0.4) is 0 Å². The van der Waals surface area contributed by atoms with E-state index in [1.165, 1.54) is 12.1 Å². The van der Waals surface area contributed by atoms with E-state index in [2.05, 4.69) is 25.2 Å². The maximum Gasteiger partial charge on any atom is 0.387 e. The van der Waals surface area contributed by atoms with Gasteiger partial charge in [-0.25, -0.2) is 0 Å². The molecule has 0 saturated carbocycles. The lowest BCUT2D eigenvalue weighted by Gasteiger charge is -2.22. The third-order valence-corrected chi connectivity index (χ3v) is 3.64. The standard InChI is InChI=1S/C18H25F2N5O2.HI/c1-4-21-18(22-11-5-6-16-23-13(2)24-27-16)25(3)12-14-7-9-15(10-8-14)26-17(19)20;/h7-10,17H,4-6,11-12H2,1-3H3,(H,21,22);1H. The summed E-state index contributed by atoms with van der Waals surface area (Å²) in [7, 11) is 1.92. The average Bonchev–Trinajstić information content (AvgIpc) is 3.04. The van der Waals surface area contributed by atoms with E-state index in [4.69, 9.17) is 4.52 Å². The normalized spacial score (nSPS) is 11.3. The van der Waals surface area contributed by atoms with Crippen molar-refractivity contribution in [3.05, 3.63) is 41.5 Å². The molecule has 1 N–H and O–H groups in total. The van der Waals surface area contributed by atoms with Crippen LogP contribution in [0.1, 0.15) is 30.6 Å². The molecule has 0 atom stereocenters. The molecule has 0 aliphatic rings. The molecule has 10 heteroatoms. The summed E-state index contributed by atoms with van der Waals surface area (Å²) in [5, 5.41) is 7.01. The number of hydrogen-bond acceptors (Lipinski definition) is 5. The molecule has 0 aliphatic heterocycles. The highest BCUT2D eigenvalue weighted by atomic mass is 127. The minimum Gasteiger partial charge on any atom is -0.435 e. The van der Waals surface area contributed by atoms with Crippen molar-refractivity contribution in [3.63, 3.8) is 0 Å². The predicted octanol–water partition coefficient (Wildman–Crippen LogP) is 3.63. The molecule has 1 aromatic heterocycles. The van der Waals surface area contributed by atoms with E-state index in [-0.39, 0.29) is 29.7 Å². The van der Waals surface area contributed by atoms with Gasteiger partial charge in [-0.3, -0.25) is 4.99 Å². The van der Waals surface area contributed by atoms with E-state index < -0.39 is 6.61 Å². The molecule has 0 unspecified atom stereocenters. The van der Waals surface area contributed by atoms with Crippen molar-refractivity contribution in [2.75, 3.05) is 20.1 Å². The second-order valence-corrected chi connectivity index (χ2v) is 5.95. The van der Waals surface area contributed by atoms with Gasteiger partial charge in [-0.2, -0.15) is 13.8 Å². The number of hydrogen-bond donors (Lipinski definition) is 1. The Morgan fingerprint density at radius 2 is 2.04 bits per heavy atom. The molecular weight excluding hydrogens is 483 g/mol. The molecule has 156 valence electrons. The van der Waals surface area contributed by atoms with Crippen molar-refractivity contribution in [2.24, 2.45) is 4.99 Å². The molecule has 7 nitrogen and oxygen atoms in total. The van der Waals surface area contributed by atoms with Crippen LogP contribution in [0.15, 0.2) is 33.8 Å². The molecular formula is C18H26F2IN5O2. The quantitative estimate of drug-likeness (QED) is 0.241. The molecule has 1 aromatic carbocycles. The zero-order valence-corrected chi connectivity index (χ0v) is 18.5. The molecule has 0 radical (unpaired) electrons. The van der Waals surface area contributed by atoms with Gasteiger partial charge >= 0.3 is 6.61 Å². The number of alkyl halides is 2. The van der Waals surface area contributed by atoms with Gasteiger partial charge in [0.15, 0.2) is 11.8 Å². The minimum absolute atomic E-state index is 0. The zero-order chi connectivity index (χ0) is 19.6. The Bertz CT molecular complexity index is 725. The largest absolute Gasteiger partial charge is 0.435 e. The molecule has 2 rings (SSSR count). The zero-order valence-electron chi connectivity index (χ0n) is 16.2. The van der Waals surface area contributed by atoms with Crippen LogP contribution in [-0.2, 0) is 13.0 Å². The Hall–Kier alpha value is -1.98. The summed E-state index contributed by atoms with van der Waals surface area (Å²) < 4.78 is 33.9. The SMILES string of the molecule is CCNC(=NCCCc1nc(C)no1)N(C)Cc1ccc(OC(F)F)cc1.I. The summed E-state index contributed by atoms with van der Waals surface area (Å²) >= 11 is 0. The highest BCUT2D eigenvalue weighted by molar-refractivity contribution is 14.0. The van der Waals surface area contributed by atoms with Crippen molar-refractivity contribution in [3.8, 4) is 5.75 Å². The average molecular weight is 509 g/mol. The van der Waals surface area contributed by atoms with Gasteiger partial charge in [-0.1, -0.05) is 17.3 Å². The smallest absolute Gasteiger partial charge is 0.387 e. The summed E-state index contributed by atoms with van der Waals surface area (Å²) in [5.74, 6) is 2.17. The van der Waals surface area contributed by atoms with Gasteiger partial charge < -0.3 is 19.5 Å². The van der Waals surface area contributed by atoms with Crippen molar-refractivity contribution in [2.45, 2.75) is 39.8 Å². The van der Waals surface area contributed by atoms with E-state index in [9.17, 15) is 8.78 Å². The fourth-order valence-corrected chi connectivity index (χ4v) is 2.45. The lowest BCUT2D eigenvalue weighted by atomic mass is 10.2. The molecule has 0 saturated heterocycles. The number of halogens is 3. The number of benzene rings is 1. The maximum absolute atomic E-state index is 12.2. The Morgan fingerprint density at radius 3 is 2.61 bits per heavy atom. The van der Waals surface area contributed by atoms with Crippen LogP contribution >= 0.6 is 24.0 Å². The summed E-state index contributed by atoms with van der Waals surface area (Å²) in [6, 6.07) is 6.59. The number of nitrogens with zero attached hydrogens (tertiary/aromatic N) is 4. The summed E-state index contributed by atoms with van der Waals surface area (Å²) in [6.45, 7) is 2.92. The highest BCUT2D eigenvalue weighted by Crippen LogP contribution is 2.15. The molecule has 0 bridgehead atoms. The second kappa shape index (κ2) is 12.5. The molecule has 0 fully saturated rings. The topological polar surface area (TPSA) is 75.8 Å². The Kier molecular flexibility index (Phi) is 10.7. The summed E-state index contributed by atoms with van der Waals surface area (Å²) in [5.41, 5.74) is 0.964. The summed E-state index contributed by atoms with van der Waals surface area (Å²) in [6.07, 6.45) is 1.48. The highest BCUT2D eigenvalue weighted by Gasteiger charge is 2.08. The lowest BCUT2D eigenvalue weighted by molar-refractivity contribution is -0.0498. The summed E-state index contributed by atoms with van der Waals surface area (Å²) in [4.78, 5) is 10.8. The number of aryl methyl sites for hydroxylation is 2. The third-order valence-electron chi connectivity index (χ3n) is 3.64. The monoisotopic (exact) mass is 509 g/mol. The van der Waals surface area contributed by atoms with Gasteiger partial charge in [0.1, 0.15) is 5.75 Å². The molecule has 0 aliphatic carbocycles. The number of ether oxygens (including phenoxy) is 1. The number of nitrogens with one attached hydrogen (secondary N) is 1. The van der Waals surface area contributed by atoms with E-state index in [1.54, 1.807) is 19.1 Å². The van der Waals surface area contributed by atoms with Crippen LogP contribution in [-0.4, -0.2) is 47.7 Å². The molecule has 28 heavy (non-hydrogen) atoms. The number of guanidine groups is 1. The van der Waals surface area contributed by atoms with Crippen LogP contribution in [0.2, 0.25) is 0 Å². The van der Waals surface area contributed by atoms with Crippen LogP contribution in [0.4, 0.5) is 8.78 Å². The van der Waals surface area contributed by atoms with Crippen LogP contribution in [0, 0.1) is 6.92 Å². The van der Waals surface area contributed by atoms with Crippen LogP contribution in [0.5, 0.6) is 5.75 Å². The molecule has 2 aromatic rings. The second-order valence-electron chi connectivity index (χ2n) is 5.95. The van der Waals surface area contributed by atoms with Crippen LogP contribution < -0.4 is 10.1 Å². The van der Waals surface area contributed by atoms with Gasteiger partial charge in [0.25, 0.3) is 0 Å². The van der Waals surface area contributed by atoms with E-state index in [0.717, 1.165) is 24.5 Å². The Labute approximate surface area is 180 Å². The first-order valence-electron chi connectivity index (χ1n) is 8.80. The third kappa shape index (κ3) is 8.36. The Balaban J connectivity index is 0.00000392. The maximum atomic E-state index is 12.2. The van der Waals surface area contributed by atoms with Gasteiger partial charge in [0, 0.05) is 33.1 Å². The number of aliphatic imine (C=N–C) groups is 1. The Morgan fingerprint density at radius 1 is 1.32 bits per heavy atom. The van der Waals surface area contributed by atoms with Crippen molar-refractivity contribution < 1.29 is 18.0 Å². The first-order chi connectivity index (χ1) is 13.0.